The SMILES string of the molecule is O=CNC(CSC1CCOC1=O)C(=O)O. The number of ether oxygens (including phenoxy) is 1. The van der Waals surface area contributed by atoms with Crippen molar-refractivity contribution < 1.29 is 24.2 Å². The number of carboxylic acids is 1. The Kier molecular flexibility index (Phi) is 4.41. The molecule has 1 aliphatic heterocycles. The lowest BCUT2D eigenvalue weighted by Crippen LogP contribution is -2.38. The van der Waals surface area contributed by atoms with Gasteiger partial charge in [-0.05, 0) is 0 Å². The van der Waals surface area contributed by atoms with E-state index < -0.39 is 12.0 Å². The highest BCUT2D eigenvalue weighted by atomic mass is 32.2. The first kappa shape index (κ1) is 11.8. The fraction of sp³-hybridized carbons (Fsp3) is 0.625. The smallest absolute Gasteiger partial charge is 0.327 e. The number of nitrogens with one attached hydrogen (secondary N) is 1. The number of cyclic esters (lactones) is 1. The molecule has 1 saturated heterocycles. The Labute approximate surface area is 90.4 Å². The lowest BCUT2D eigenvalue weighted by atomic mass is 10.3. The van der Waals surface area contributed by atoms with Crippen LogP contribution in [-0.4, -0.2) is 47.1 Å². The van der Waals surface area contributed by atoms with Crippen LogP contribution < -0.4 is 5.32 Å². The van der Waals surface area contributed by atoms with E-state index >= 15 is 0 Å². The fourth-order valence-electron chi connectivity index (χ4n) is 1.11. The van der Waals surface area contributed by atoms with Gasteiger partial charge in [-0.3, -0.25) is 9.59 Å². The highest BCUT2D eigenvalue weighted by Gasteiger charge is 2.28. The van der Waals surface area contributed by atoms with Gasteiger partial charge in [0.2, 0.25) is 6.41 Å². The average Bonchev–Trinajstić information content (AvgIpc) is 2.58. The number of esters is 1. The van der Waals surface area contributed by atoms with Crippen molar-refractivity contribution in [2.24, 2.45) is 0 Å². The first-order valence-electron chi connectivity index (χ1n) is 4.36. The van der Waals surface area contributed by atoms with Gasteiger partial charge in [0.15, 0.2) is 0 Å². The first-order chi connectivity index (χ1) is 7.15. The van der Waals surface area contributed by atoms with Gasteiger partial charge < -0.3 is 15.2 Å². The molecule has 1 fully saturated rings. The molecule has 0 aromatic carbocycles. The van der Waals surface area contributed by atoms with E-state index in [9.17, 15) is 14.4 Å². The summed E-state index contributed by atoms with van der Waals surface area (Å²) in [6.07, 6.45) is 0.934. The van der Waals surface area contributed by atoms with Gasteiger partial charge in [-0.2, -0.15) is 0 Å². The van der Waals surface area contributed by atoms with Crippen LogP contribution in [0.4, 0.5) is 0 Å². The largest absolute Gasteiger partial charge is 0.480 e. The number of carbonyl (C=O) groups excluding carboxylic acids is 2. The molecule has 1 heterocycles. The summed E-state index contributed by atoms with van der Waals surface area (Å²) in [6, 6.07) is -0.958. The van der Waals surface area contributed by atoms with Crippen molar-refractivity contribution in [1.82, 2.24) is 5.32 Å². The zero-order valence-electron chi connectivity index (χ0n) is 7.84. The quantitative estimate of drug-likeness (QED) is 0.462. The van der Waals surface area contributed by atoms with E-state index in [4.69, 9.17) is 9.84 Å². The van der Waals surface area contributed by atoms with Crippen molar-refractivity contribution >= 4 is 30.1 Å². The molecule has 1 rings (SSSR count). The summed E-state index contributed by atoms with van der Waals surface area (Å²) in [7, 11) is 0. The molecule has 0 radical (unpaired) electrons. The van der Waals surface area contributed by atoms with Crippen LogP contribution >= 0.6 is 11.8 Å². The minimum Gasteiger partial charge on any atom is -0.480 e. The second-order valence-corrected chi connectivity index (χ2v) is 4.19. The molecule has 1 aliphatic rings. The lowest BCUT2D eigenvalue weighted by Gasteiger charge is -2.11. The molecule has 0 aromatic heterocycles. The van der Waals surface area contributed by atoms with Gasteiger partial charge in [-0.1, -0.05) is 0 Å². The molecular weight excluding hydrogens is 222 g/mol. The third kappa shape index (κ3) is 3.43. The Bertz CT molecular complexity index is 270. The molecular formula is C8H11NO5S. The summed E-state index contributed by atoms with van der Waals surface area (Å²) in [6.45, 7) is 0.384. The third-order valence-electron chi connectivity index (χ3n) is 1.92. The molecule has 2 N–H and O–H groups in total. The van der Waals surface area contributed by atoms with Crippen molar-refractivity contribution in [2.45, 2.75) is 17.7 Å². The predicted molar refractivity (Wildman–Crippen MR) is 52.4 cm³/mol. The van der Waals surface area contributed by atoms with Crippen LogP contribution in [0.1, 0.15) is 6.42 Å². The standard InChI is InChI=1S/C8H11NO5S/c10-4-9-5(7(11)12)3-15-6-1-2-14-8(6)13/h4-6H,1-3H2,(H,9,10)(H,11,12). The molecule has 6 nitrogen and oxygen atoms in total. The van der Waals surface area contributed by atoms with Crippen molar-refractivity contribution in [3.8, 4) is 0 Å². The van der Waals surface area contributed by atoms with Crippen LogP contribution in [0.5, 0.6) is 0 Å². The Morgan fingerprint density at radius 1 is 1.80 bits per heavy atom. The Morgan fingerprint density at radius 2 is 2.53 bits per heavy atom. The number of carbonyl (C=O) groups is 3. The van der Waals surface area contributed by atoms with Crippen molar-refractivity contribution in [2.75, 3.05) is 12.4 Å². The topological polar surface area (TPSA) is 92.7 Å². The van der Waals surface area contributed by atoms with E-state index in [-0.39, 0.29) is 17.0 Å². The summed E-state index contributed by atoms with van der Waals surface area (Å²) >= 11 is 1.19. The number of carboxylic acid groups (broad SMARTS) is 1. The Balaban J connectivity index is 2.35. The van der Waals surface area contributed by atoms with Gasteiger partial charge in [0.05, 0.1) is 6.61 Å². The van der Waals surface area contributed by atoms with Gasteiger partial charge >= 0.3 is 11.9 Å². The van der Waals surface area contributed by atoms with Gasteiger partial charge in [0.1, 0.15) is 11.3 Å². The minimum atomic E-state index is -1.11. The molecule has 15 heavy (non-hydrogen) atoms. The Morgan fingerprint density at radius 3 is 3.00 bits per heavy atom. The monoisotopic (exact) mass is 233 g/mol. The molecule has 0 bridgehead atoms. The van der Waals surface area contributed by atoms with Gasteiger partial charge in [0, 0.05) is 12.2 Å². The van der Waals surface area contributed by atoms with E-state index in [1.54, 1.807) is 0 Å². The molecule has 7 heteroatoms. The van der Waals surface area contributed by atoms with E-state index in [1.165, 1.54) is 11.8 Å². The van der Waals surface area contributed by atoms with E-state index in [0.717, 1.165) is 0 Å². The first-order valence-corrected chi connectivity index (χ1v) is 5.40. The normalized spacial score (nSPS) is 21.9. The minimum absolute atomic E-state index is 0.161. The Hall–Kier alpha value is -1.24. The van der Waals surface area contributed by atoms with Gasteiger partial charge in [-0.25, -0.2) is 4.79 Å². The van der Waals surface area contributed by atoms with Crippen LogP contribution in [0.3, 0.4) is 0 Å². The summed E-state index contributed by atoms with van der Waals surface area (Å²) in [5.74, 6) is -1.26. The van der Waals surface area contributed by atoms with Crippen molar-refractivity contribution in [3.05, 3.63) is 0 Å². The number of amides is 1. The molecule has 1 amide bonds. The number of hydrogen-bond donors (Lipinski definition) is 2. The predicted octanol–water partition coefficient (Wildman–Crippen LogP) is -0.766. The molecule has 0 saturated carbocycles. The second-order valence-electron chi connectivity index (χ2n) is 2.95. The van der Waals surface area contributed by atoms with Gasteiger partial charge in [-0.15, -0.1) is 11.8 Å². The highest BCUT2D eigenvalue weighted by molar-refractivity contribution is 8.00. The maximum atomic E-state index is 11.0. The van der Waals surface area contributed by atoms with E-state index in [2.05, 4.69) is 5.32 Å². The molecule has 0 spiro atoms. The van der Waals surface area contributed by atoms with E-state index in [0.29, 0.717) is 19.4 Å². The van der Waals surface area contributed by atoms with Crippen LogP contribution in [-0.2, 0) is 19.1 Å². The summed E-state index contributed by atoms with van der Waals surface area (Å²) in [4.78, 5) is 31.8. The van der Waals surface area contributed by atoms with Crippen LogP contribution in [0.25, 0.3) is 0 Å². The average molecular weight is 233 g/mol. The maximum absolute atomic E-state index is 11.0. The number of thioether (sulfide) groups is 1. The number of aliphatic carboxylic acids is 1. The van der Waals surface area contributed by atoms with Crippen LogP contribution in [0.2, 0.25) is 0 Å². The molecule has 2 atom stereocenters. The molecule has 2 unspecified atom stereocenters. The number of rotatable bonds is 6. The molecule has 0 aromatic rings. The maximum Gasteiger partial charge on any atom is 0.327 e. The van der Waals surface area contributed by atoms with Crippen molar-refractivity contribution in [3.63, 3.8) is 0 Å². The highest BCUT2D eigenvalue weighted by Crippen LogP contribution is 2.22. The van der Waals surface area contributed by atoms with E-state index in [1.807, 2.05) is 0 Å². The zero-order valence-corrected chi connectivity index (χ0v) is 8.66. The third-order valence-corrected chi connectivity index (χ3v) is 3.27. The van der Waals surface area contributed by atoms with Crippen LogP contribution in [0, 0.1) is 0 Å². The van der Waals surface area contributed by atoms with Crippen LogP contribution in [0.15, 0.2) is 0 Å². The number of hydrogen-bond acceptors (Lipinski definition) is 5. The summed E-state index contributed by atoms with van der Waals surface area (Å²) in [5, 5.41) is 10.6. The molecule has 0 aliphatic carbocycles. The summed E-state index contributed by atoms with van der Waals surface area (Å²) in [5.41, 5.74) is 0. The fourth-order valence-corrected chi connectivity index (χ4v) is 2.24. The second kappa shape index (κ2) is 5.59. The lowest BCUT2D eigenvalue weighted by molar-refractivity contribution is -0.140. The molecule has 84 valence electrons. The van der Waals surface area contributed by atoms with Crippen molar-refractivity contribution in [1.29, 1.82) is 0 Å². The van der Waals surface area contributed by atoms with Gasteiger partial charge in [0.25, 0.3) is 0 Å². The summed E-state index contributed by atoms with van der Waals surface area (Å²) < 4.78 is 4.72. The zero-order chi connectivity index (χ0) is 11.3.